The van der Waals surface area contributed by atoms with Crippen LogP contribution < -0.4 is 0 Å². The van der Waals surface area contributed by atoms with Crippen LogP contribution >= 0.6 is 38.5 Å². The Morgan fingerprint density at radius 3 is 2.77 bits per heavy atom. The van der Waals surface area contributed by atoms with Crippen molar-refractivity contribution in [3.8, 4) is 0 Å². The van der Waals surface area contributed by atoms with Gasteiger partial charge in [-0.05, 0) is 45.9 Å². The number of benzene rings is 1. The largest absolute Gasteiger partial charge is 0.303 e. The molecule has 13 heavy (non-hydrogen) atoms. The quantitative estimate of drug-likeness (QED) is 0.462. The first kappa shape index (κ1) is 11.2. The molecule has 0 aliphatic heterocycles. The lowest BCUT2D eigenvalue weighted by Gasteiger charge is -2.06. The molecule has 1 aromatic carbocycles. The molecule has 3 heteroatoms. The fourth-order valence-corrected chi connectivity index (χ4v) is 2.18. The number of alkyl halides is 1. The lowest BCUT2D eigenvalue weighted by atomic mass is 10.0. The van der Waals surface area contributed by atoms with Crippen molar-refractivity contribution in [1.82, 2.24) is 0 Å². The highest BCUT2D eigenvalue weighted by Crippen LogP contribution is 2.20. The van der Waals surface area contributed by atoms with Gasteiger partial charge in [0.05, 0.1) is 0 Å². The number of aldehydes is 1. The van der Waals surface area contributed by atoms with Crippen molar-refractivity contribution in [1.29, 1.82) is 0 Å². The second-order valence-corrected chi connectivity index (χ2v) is 4.76. The predicted octanol–water partition coefficient (Wildman–Crippen LogP) is 3.49. The van der Waals surface area contributed by atoms with Gasteiger partial charge >= 0.3 is 0 Å². The third kappa shape index (κ3) is 3.06. The van der Waals surface area contributed by atoms with Crippen molar-refractivity contribution in [2.45, 2.75) is 18.2 Å². The van der Waals surface area contributed by atoms with E-state index in [0.29, 0.717) is 0 Å². The minimum atomic E-state index is -0.00693. The average molecular weight is 353 g/mol. The highest BCUT2D eigenvalue weighted by atomic mass is 127. The van der Waals surface area contributed by atoms with E-state index in [9.17, 15) is 4.79 Å². The van der Waals surface area contributed by atoms with Crippen molar-refractivity contribution < 1.29 is 4.79 Å². The summed E-state index contributed by atoms with van der Waals surface area (Å²) in [4.78, 5) is 10.6. The zero-order valence-electron chi connectivity index (χ0n) is 7.26. The van der Waals surface area contributed by atoms with Crippen LogP contribution in [0.3, 0.4) is 0 Å². The average Bonchev–Trinajstić information content (AvgIpc) is 2.15. The van der Waals surface area contributed by atoms with Crippen LogP contribution in [0.1, 0.15) is 24.0 Å². The molecule has 70 valence electrons. The molecule has 0 amide bonds. The van der Waals surface area contributed by atoms with Gasteiger partial charge in [-0.15, -0.1) is 0 Å². The number of carbonyl (C=O) groups excluding carboxylic acids is 1. The Kier molecular flexibility index (Phi) is 4.38. The maximum Gasteiger partial charge on any atom is 0.127 e. The number of hydrogen-bond acceptors (Lipinski definition) is 1. The van der Waals surface area contributed by atoms with E-state index in [2.05, 4.69) is 50.7 Å². The molecule has 1 nitrogen and oxygen atoms in total. The van der Waals surface area contributed by atoms with Gasteiger partial charge in [0.2, 0.25) is 0 Å². The van der Waals surface area contributed by atoms with Crippen LogP contribution in [0.5, 0.6) is 0 Å². The summed E-state index contributed by atoms with van der Waals surface area (Å²) < 4.78 is 1.18. The molecule has 0 saturated carbocycles. The molecule has 1 rings (SSSR count). The lowest BCUT2D eigenvalue weighted by Crippen LogP contribution is -1.96. The molecule has 0 heterocycles. The van der Waals surface area contributed by atoms with Crippen LogP contribution in [0.4, 0.5) is 0 Å². The molecule has 0 radical (unpaired) electrons. The van der Waals surface area contributed by atoms with Crippen LogP contribution in [0, 0.1) is 3.57 Å². The van der Waals surface area contributed by atoms with Crippen molar-refractivity contribution in [3.63, 3.8) is 0 Å². The van der Waals surface area contributed by atoms with E-state index in [1.54, 1.807) is 0 Å². The molecule has 0 N–H and O–H groups in total. The smallest absolute Gasteiger partial charge is 0.127 e. The second kappa shape index (κ2) is 5.10. The maximum absolute atomic E-state index is 10.6. The summed E-state index contributed by atoms with van der Waals surface area (Å²) in [6.07, 6.45) is 0.976. The first-order chi connectivity index (χ1) is 6.17. The van der Waals surface area contributed by atoms with Gasteiger partial charge < -0.3 is 4.79 Å². The third-order valence-electron chi connectivity index (χ3n) is 1.86. The van der Waals surface area contributed by atoms with E-state index in [0.717, 1.165) is 17.2 Å². The van der Waals surface area contributed by atoms with E-state index >= 15 is 0 Å². The summed E-state index contributed by atoms with van der Waals surface area (Å²) in [5.74, 6) is -0.00693. The van der Waals surface area contributed by atoms with Crippen molar-refractivity contribution in [2.75, 3.05) is 0 Å². The number of halogens is 2. The van der Waals surface area contributed by atoms with E-state index in [4.69, 9.17) is 0 Å². The van der Waals surface area contributed by atoms with Gasteiger partial charge in [-0.25, -0.2) is 0 Å². The van der Waals surface area contributed by atoms with Crippen LogP contribution in [0.25, 0.3) is 0 Å². The zero-order valence-corrected chi connectivity index (χ0v) is 11.0. The maximum atomic E-state index is 10.6. The zero-order chi connectivity index (χ0) is 9.84. The number of hydrogen-bond donors (Lipinski definition) is 0. The molecular weight excluding hydrogens is 343 g/mol. The molecule has 0 bridgehead atoms. The molecular formula is C10H10BrIO. The summed E-state index contributed by atoms with van der Waals surface area (Å²) in [5.41, 5.74) is 2.31. The van der Waals surface area contributed by atoms with Crippen molar-refractivity contribution in [2.24, 2.45) is 0 Å². The first-order valence-corrected chi connectivity index (χ1v) is 6.18. The molecule has 0 aliphatic carbocycles. The first-order valence-electron chi connectivity index (χ1n) is 3.98. The molecule has 1 aromatic rings. The van der Waals surface area contributed by atoms with Crippen LogP contribution in [0.15, 0.2) is 18.2 Å². The standard InChI is InChI=1S/C10H10BrIO/c1-7(6-13)9-2-8(5-11)3-10(12)4-9/h2-4,6-7H,5H2,1H3. The third-order valence-corrected chi connectivity index (χ3v) is 3.13. The van der Waals surface area contributed by atoms with Crippen molar-refractivity contribution in [3.05, 3.63) is 32.9 Å². The monoisotopic (exact) mass is 352 g/mol. The Balaban J connectivity index is 3.07. The summed E-state index contributed by atoms with van der Waals surface area (Å²) in [6, 6.07) is 6.22. The number of carbonyl (C=O) groups is 1. The van der Waals surface area contributed by atoms with E-state index in [-0.39, 0.29) is 5.92 Å². The topological polar surface area (TPSA) is 17.1 Å². The van der Waals surface area contributed by atoms with E-state index < -0.39 is 0 Å². The normalized spacial score (nSPS) is 12.5. The fourth-order valence-electron chi connectivity index (χ4n) is 1.09. The van der Waals surface area contributed by atoms with Gasteiger partial charge in [0, 0.05) is 14.8 Å². The molecule has 0 aromatic heterocycles. The summed E-state index contributed by atoms with van der Waals surface area (Å²) in [7, 11) is 0. The minimum absolute atomic E-state index is 0.00693. The highest BCUT2D eigenvalue weighted by molar-refractivity contribution is 14.1. The molecule has 0 saturated heterocycles. The van der Waals surface area contributed by atoms with Gasteiger partial charge in [0.1, 0.15) is 6.29 Å². The summed E-state index contributed by atoms with van der Waals surface area (Å²) >= 11 is 5.67. The SMILES string of the molecule is CC(C=O)c1cc(I)cc(CBr)c1. The fraction of sp³-hybridized carbons (Fsp3) is 0.300. The van der Waals surface area contributed by atoms with Crippen LogP contribution in [-0.2, 0) is 10.1 Å². The van der Waals surface area contributed by atoms with Gasteiger partial charge in [-0.2, -0.15) is 0 Å². The van der Waals surface area contributed by atoms with Gasteiger partial charge in [0.15, 0.2) is 0 Å². The Morgan fingerprint density at radius 2 is 2.23 bits per heavy atom. The highest BCUT2D eigenvalue weighted by Gasteiger charge is 2.05. The molecule has 0 fully saturated rings. The number of rotatable bonds is 3. The van der Waals surface area contributed by atoms with Gasteiger partial charge in [-0.1, -0.05) is 28.9 Å². The molecule has 0 spiro atoms. The predicted molar refractivity (Wildman–Crippen MR) is 66.3 cm³/mol. The molecule has 1 atom stereocenters. The Hall–Kier alpha value is 0.1000. The Bertz CT molecular complexity index is 312. The molecule has 0 aliphatic rings. The van der Waals surface area contributed by atoms with Crippen LogP contribution in [-0.4, -0.2) is 6.29 Å². The summed E-state index contributed by atoms with van der Waals surface area (Å²) in [5, 5.41) is 0.836. The van der Waals surface area contributed by atoms with Crippen molar-refractivity contribution >= 4 is 44.8 Å². The van der Waals surface area contributed by atoms with E-state index in [1.807, 2.05) is 13.0 Å². The Morgan fingerprint density at radius 1 is 1.54 bits per heavy atom. The lowest BCUT2D eigenvalue weighted by molar-refractivity contribution is -0.108. The van der Waals surface area contributed by atoms with E-state index in [1.165, 1.54) is 9.13 Å². The van der Waals surface area contributed by atoms with Gasteiger partial charge in [-0.3, -0.25) is 0 Å². The Labute approximate surface area is 100 Å². The molecule has 1 unspecified atom stereocenters. The minimum Gasteiger partial charge on any atom is -0.303 e. The van der Waals surface area contributed by atoms with Crippen LogP contribution in [0.2, 0.25) is 0 Å². The summed E-state index contributed by atoms with van der Waals surface area (Å²) in [6.45, 7) is 1.91. The van der Waals surface area contributed by atoms with Gasteiger partial charge in [0.25, 0.3) is 0 Å². The second-order valence-electron chi connectivity index (χ2n) is 2.95.